The van der Waals surface area contributed by atoms with Crippen LogP contribution in [0.3, 0.4) is 0 Å². The van der Waals surface area contributed by atoms with Gasteiger partial charge >= 0.3 is 5.69 Å². The fourth-order valence-corrected chi connectivity index (χ4v) is 2.02. The second kappa shape index (κ2) is 5.79. The highest BCUT2D eigenvalue weighted by Crippen LogP contribution is 2.38. The molecule has 0 aliphatic carbocycles. The van der Waals surface area contributed by atoms with Crippen molar-refractivity contribution in [3.8, 4) is 5.75 Å². The van der Waals surface area contributed by atoms with Gasteiger partial charge in [0.25, 0.3) is 0 Å². The Hall–Kier alpha value is -1.95. The zero-order chi connectivity index (χ0) is 13.8. The van der Waals surface area contributed by atoms with Gasteiger partial charge in [0, 0.05) is 5.56 Å². The van der Waals surface area contributed by atoms with Crippen LogP contribution in [0.1, 0.15) is 18.9 Å². The zero-order valence-corrected chi connectivity index (χ0v) is 10.5. The van der Waals surface area contributed by atoms with Crippen LogP contribution in [-0.2, 0) is 4.74 Å². The van der Waals surface area contributed by atoms with Crippen molar-refractivity contribution >= 4 is 11.3 Å². The highest BCUT2D eigenvalue weighted by atomic mass is 19.1. The van der Waals surface area contributed by atoms with Gasteiger partial charge in [-0.3, -0.25) is 10.1 Å². The zero-order valence-electron chi connectivity index (χ0n) is 10.5. The number of hydrogen-bond acceptors (Lipinski definition) is 4. The molecule has 0 aromatic heterocycles. The van der Waals surface area contributed by atoms with Crippen LogP contribution < -0.4 is 4.74 Å². The summed E-state index contributed by atoms with van der Waals surface area (Å²) in [4.78, 5) is 10.4. The van der Waals surface area contributed by atoms with Gasteiger partial charge in [-0.1, -0.05) is 6.08 Å². The van der Waals surface area contributed by atoms with Crippen LogP contribution in [0.25, 0.3) is 5.57 Å². The Labute approximate surface area is 109 Å². The normalized spacial score (nSPS) is 14.9. The second-order valence-electron chi connectivity index (χ2n) is 4.05. The van der Waals surface area contributed by atoms with Crippen molar-refractivity contribution < 1.29 is 18.8 Å². The molecule has 102 valence electrons. The molecule has 0 saturated heterocycles. The number of nitro groups is 1. The summed E-state index contributed by atoms with van der Waals surface area (Å²) in [7, 11) is 0. The van der Waals surface area contributed by atoms with Gasteiger partial charge in [-0.15, -0.1) is 0 Å². The van der Waals surface area contributed by atoms with Crippen molar-refractivity contribution in [2.24, 2.45) is 0 Å². The molecule has 6 heteroatoms. The Bertz CT molecular complexity index is 528. The summed E-state index contributed by atoms with van der Waals surface area (Å²) in [6.07, 6.45) is 2.38. The molecule has 0 unspecified atom stereocenters. The minimum Gasteiger partial charge on any atom is -0.487 e. The molecule has 0 amide bonds. The first-order valence-corrected chi connectivity index (χ1v) is 6.01. The summed E-state index contributed by atoms with van der Waals surface area (Å²) < 4.78 is 24.1. The molecule has 1 aromatic rings. The van der Waals surface area contributed by atoms with Crippen molar-refractivity contribution in [3.63, 3.8) is 0 Å². The van der Waals surface area contributed by atoms with Crippen molar-refractivity contribution in [1.82, 2.24) is 0 Å². The molecule has 0 fully saturated rings. The first kappa shape index (κ1) is 13.5. The fourth-order valence-electron chi connectivity index (χ4n) is 2.02. The molecule has 1 aliphatic rings. The number of halogens is 1. The monoisotopic (exact) mass is 267 g/mol. The number of nitro benzene ring substituents is 1. The van der Waals surface area contributed by atoms with Crippen LogP contribution in [0.15, 0.2) is 18.2 Å². The Morgan fingerprint density at radius 1 is 1.53 bits per heavy atom. The van der Waals surface area contributed by atoms with Crippen LogP contribution in [0, 0.1) is 15.9 Å². The highest BCUT2D eigenvalue weighted by molar-refractivity contribution is 5.75. The molecule has 1 aromatic carbocycles. The van der Waals surface area contributed by atoms with Crippen LogP contribution >= 0.6 is 0 Å². The largest absolute Gasteiger partial charge is 0.487 e. The first-order chi connectivity index (χ1) is 9.13. The van der Waals surface area contributed by atoms with Gasteiger partial charge in [0.15, 0.2) is 0 Å². The quantitative estimate of drug-likeness (QED) is 0.621. The lowest BCUT2D eigenvalue weighted by Crippen LogP contribution is -2.07. The van der Waals surface area contributed by atoms with Gasteiger partial charge in [-0.2, -0.15) is 0 Å². The Morgan fingerprint density at radius 3 is 2.89 bits per heavy atom. The molecule has 0 N–H and O–H groups in total. The average molecular weight is 267 g/mol. The lowest BCUT2D eigenvalue weighted by atomic mass is 9.99. The first-order valence-electron chi connectivity index (χ1n) is 6.01. The van der Waals surface area contributed by atoms with Crippen molar-refractivity contribution in [2.75, 3.05) is 19.8 Å². The Kier molecular flexibility index (Phi) is 4.11. The van der Waals surface area contributed by atoms with Crippen molar-refractivity contribution in [3.05, 3.63) is 39.7 Å². The van der Waals surface area contributed by atoms with E-state index in [4.69, 9.17) is 9.47 Å². The number of benzene rings is 1. The minimum atomic E-state index is -0.641. The minimum absolute atomic E-state index is 0.127. The van der Waals surface area contributed by atoms with Gasteiger partial charge < -0.3 is 9.47 Å². The Balaban J connectivity index is 2.56. The van der Waals surface area contributed by atoms with E-state index < -0.39 is 10.7 Å². The Morgan fingerprint density at radius 2 is 2.32 bits per heavy atom. The summed E-state index contributed by atoms with van der Waals surface area (Å²) in [5, 5.41) is 11.0. The third-order valence-electron chi connectivity index (χ3n) is 2.83. The summed E-state index contributed by atoms with van der Waals surface area (Å²) in [5.74, 6) is -0.514. The predicted molar refractivity (Wildman–Crippen MR) is 67.6 cm³/mol. The van der Waals surface area contributed by atoms with E-state index in [1.807, 2.05) is 0 Å². The predicted octanol–water partition coefficient (Wildman–Crippen LogP) is 2.94. The summed E-state index contributed by atoms with van der Waals surface area (Å²) in [6.45, 7) is 2.95. The number of hydrogen-bond donors (Lipinski definition) is 0. The van der Waals surface area contributed by atoms with Gasteiger partial charge in [0.1, 0.15) is 5.82 Å². The van der Waals surface area contributed by atoms with Gasteiger partial charge in [-0.25, -0.2) is 4.39 Å². The molecular formula is C13H14FNO4. The number of rotatable bonds is 4. The van der Waals surface area contributed by atoms with E-state index in [1.165, 1.54) is 6.07 Å². The lowest BCUT2D eigenvalue weighted by Gasteiger charge is -2.17. The third kappa shape index (κ3) is 2.90. The topological polar surface area (TPSA) is 61.6 Å². The van der Waals surface area contributed by atoms with Crippen molar-refractivity contribution in [2.45, 2.75) is 13.3 Å². The van der Waals surface area contributed by atoms with Gasteiger partial charge in [0.05, 0.1) is 30.8 Å². The molecule has 1 aliphatic heterocycles. The molecule has 0 bridgehead atoms. The van der Waals surface area contributed by atoms with Crippen LogP contribution in [0.4, 0.5) is 10.1 Å². The third-order valence-corrected chi connectivity index (χ3v) is 2.83. The van der Waals surface area contributed by atoms with Crippen LogP contribution in [0.2, 0.25) is 0 Å². The maximum atomic E-state index is 13.5. The summed E-state index contributed by atoms with van der Waals surface area (Å²) in [5.41, 5.74) is 0.915. The molecule has 2 rings (SSSR count). The lowest BCUT2D eigenvalue weighted by molar-refractivity contribution is -0.386. The molecule has 19 heavy (non-hydrogen) atoms. The molecule has 0 atom stereocenters. The second-order valence-corrected chi connectivity index (χ2v) is 4.05. The van der Waals surface area contributed by atoms with Gasteiger partial charge in [0.2, 0.25) is 5.75 Å². The van der Waals surface area contributed by atoms with E-state index in [1.54, 1.807) is 13.0 Å². The number of ether oxygens (including phenoxy) is 2. The smallest absolute Gasteiger partial charge is 0.314 e. The molecule has 0 saturated carbocycles. The highest BCUT2D eigenvalue weighted by Gasteiger charge is 2.23. The summed E-state index contributed by atoms with van der Waals surface area (Å²) in [6, 6.07) is 2.16. The molecular weight excluding hydrogens is 253 g/mol. The van der Waals surface area contributed by atoms with Crippen LogP contribution in [-0.4, -0.2) is 24.7 Å². The van der Waals surface area contributed by atoms with Crippen molar-refractivity contribution in [1.29, 1.82) is 0 Å². The SMILES string of the molecule is CCOc1c(C2=CCOCC2)cc(F)cc1[N+](=O)[O-]. The summed E-state index contributed by atoms with van der Waals surface area (Å²) >= 11 is 0. The maximum absolute atomic E-state index is 13.5. The number of nitrogens with zero attached hydrogens (tertiary/aromatic N) is 1. The van der Waals surface area contributed by atoms with E-state index in [2.05, 4.69) is 0 Å². The maximum Gasteiger partial charge on any atom is 0.314 e. The van der Waals surface area contributed by atoms with E-state index in [0.717, 1.165) is 11.6 Å². The van der Waals surface area contributed by atoms with E-state index in [0.29, 0.717) is 25.2 Å². The molecule has 0 radical (unpaired) electrons. The van der Waals surface area contributed by atoms with Gasteiger partial charge in [-0.05, 0) is 25.0 Å². The van der Waals surface area contributed by atoms with E-state index in [9.17, 15) is 14.5 Å². The molecule has 5 nitrogen and oxygen atoms in total. The van der Waals surface area contributed by atoms with E-state index in [-0.39, 0.29) is 18.0 Å². The van der Waals surface area contributed by atoms with Crippen LogP contribution in [0.5, 0.6) is 5.75 Å². The molecule has 1 heterocycles. The molecule has 0 spiro atoms. The standard InChI is InChI=1S/C13H14FNO4/c1-2-19-13-11(9-3-5-18-6-4-9)7-10(14)8-12(13)15(16)17/h3,7-8H,2,4-6H2,1H3. The average Bonchev–Trinajstić information content (AvgIpc) is 2.41. The van der Waals surface area contributed by atoms with E-state index >= 15 is 0 Å². The fraction of sp³-hybridized carbons (Fsp3) is 0.385.